The molecule has 2 heterocycles. The Balaban J connectivity index is 1.77. The summed E-state index contributed by atoms with van der Waals surface area (Å²) < 4.78 is 15.9. The SMILES string of the molecule is COc1cc(NC(=O)Nc2c(C)nc(N3CCCC3)nc2C)cc(OC)c1OC. The third kappa shape index (κ3) is 4.44. The maximum absolute atomic E-state index is 12.6. The van der Waals surface area contributed by atoms with E-state index >= 15 is 0 Å². The lowest BCUT2D eigenvalue weighted by atomic mass is 10.2. The summed E-state index contributed by atoms with van der Waals surface area (Å²) in [7, 11) is 4.57. The van der Waals surface area contributed by atoms with E-state index in [-0.39, 0.29) is 0 Å². The predicted molar refractivity (Wildman–Crippen MR) is 112 cm³/mol. The number of urea groups is 1. The van der Waals surface area contributed by atoms with Crippen LogP contribution in [0.15, 0.2) is 12.1 Å². The predicted octanol–water partition coefficient (Wildman–Crippen LogP) is 3.36. The summed E-state index contributed by atoms with van der Waals surface area (Å²) in [6.45, 7) is 5.66. The molecule has 0 radical (unpaired) electrons. The standard InChI is InChI=1S/C20H27N5O4/c1-12-17(13(2)22-19(21-12)25-8-6-7-9-25)24-20(26)23-14-10-15(27-3)18(29-5)16(11-14)28-4/h10-11H,6-9H2,1-5H3,(H2,23,24,26). The number of nitrogens with one attached hydrogen (secondary N) is 2. The van der Waals surface area contributed by atoms with E-state index in [1.807, 2.05) is 13.8 Å². The first-order valence-electron chi connectivity index (χ1n) is 9.45. The third-order valence-electron chi connectivity index (χ3n) is 4.81. The molecule has 0 unspecified atom stereocenters. The van der Waals surface area contributed by atoms with Crippen LogP contribution in [0.2, 0.25) is 0 Å². The van der Waals surface area contributed by atoms with E-state index in [1.165, 1.54) is 21.3 Å². The molecule has 9 heteroatoms. The molecule has 29 heavy (non-hydrogen) atoms. The number of amides is 2. The molecule has 0 aliphatic carbocycles. The number of carbonyl (C=O) groups excluding carboxylic acids is 1. The van der Waals surface area contributed by atoms with Crippen molar-refractivity contribution < 1.29 is 19.0 Å². The van der Waals surface area contributed by atoms with E-state index < -0.39 is 6.03 Å². The van der Waals surface area contributed by atoms with Crippen LogP contribution in [0, 0.1) is 13.8 Å². The highest BCUT2D eigenvalue weighted by molar-refractivity contribution is 6.00. The van der Waals surface area contributed by atoms with E-state index in [9.17, 15) is 4.79 Å². The number of aryl methyl sites for hydroxylation is 2. The van der Waals surface area contributed by atoms with Crippen LogP contribution < -0.4 is 29.7 Å². The highest BCUT2D eigenvalue weighted by Crippen LogP contribution is 2.40. The van der Waals surface area contributed by atoms with Gasteiger partial charge in [-0.1, -0.05) is 0 Å². The maximum atomic E-state index is 12.6. The number of hydrogen-bond acceptors (Lipinski definition) is 7. The normalized spacial score (nSPS) is 13.2. The Hall–Kier alpha value is -3.23. The van der Waals surface area contributed by atoms with Crippen LogP contribution in [0.4, 0.5) is 22.1 Å². The van der Waals surface area contributed by atoms with E-state index in [0.29, 0.717) is 34.6 Å². The van der Waals surface area contributed by atoms with Gasteiger partial charge in [-0.05, 0) is 26.7 Å². The zero-order chi connectivity index (χ0) is 21.0. The van der Waals surface area contributed by atoms with Crippen LogP contribution in [0.1, 0.15) is 24.2 Å². The van der Waals surface area contributed by atoms with Crippen molar-refractivity contribution >= 4 is 23.4 Å². The minimum absolute atomic E-state index is 0.414. The Kier molecular flexibility index (Phi) is 6.26. The summed E-state index contributed by atoms with van der Waals surface area (Å²) in [5.41, 5.74) is 2.54. The topological polar surface area (TPSA) is 97.8 Å². The molecule has 3 rings (SSSR count). The largest absolute Gasteiger partial charge is 0.493 e. The van der Waals surface area contributed by atoms with Gasteiger partial charge in [-0.2, -0.15) is 0 Å². The lowest BCUT2D eigenvalue weighted by molar-refractivity contribution is 0.262. The molecule has 0 saturated carbocycles. The fourth-order valence-electron chi connectivity index (χ4n) is 3.37. The molecule has 156 valence electrons. The van der Waals surface area contributed by atoms with Gasteiger partial charge >= 0.3 is 6.03 Å². The van der Waals surface area contributed by atoms with E-state index in [1.54, 1.807) is 12.1 Å². The monoisotopic (exact) mass is 401 g/mol. The quantitative estimate of drug-likeness (QED) is 0.766. The van der Waals surface area contributed by atoms with Crippen LogP contribution in [-0.4, -0.2) is 50.4 Å². The van der Waals surface area contributed by atoms with Crippen molar-refractivity contribution in [3.63, 3.8) is 0 Å². The number of aromatic nitrogens is 2. The lowest BCUT2D eigenvalue weighted by Gasteiger charge is -2.19. The Morgan fingerprint density at radius 2 is 1.48 bits per heavy atom. The van der Waals surface area contributed by atoms with Gasteiger partial charge in [0.2, 0.25) is 11.7 Å². The first-order chi connectivity index (χ1) is 14.0. The molecule has 0 spiro atoms. The molecule has 2 aromatic rings. The average Bonchev–Trinajstić information content (AvgIpc) is 3.24. The van der Waals surface area contributed by atoms with Crippen LogP contribution in [0.5, 0.6) is 17.2 Å². The van der Waals surface area contributed by atoms with Crippen molar-refractivity contribution in [2.75, 3.05) is 50.0 Å². The fourth-order valence-corrected chi connectivity index (χ4v) is 3.37. The van der Waals surface area contributed by atoms with Gasteiger partial charge in [-0.25, -0.2) is 14.8 Å². The molecule has 1 saturated heterocycles. The van der Waals surface area contributed by atoms with E-state index in [2.05, 4.69) is 25.5 Å². The molecule has 2 amide bonds. The van der Waals surface area contributed by atoms with Gasteiger partial charge in [-0.15, -0.1) is 0 Å². The van der Waals surface area contributed by atoms with Gasteiger partial charge in [-0.3, -0.25) is 0 Å². The van der Waals surface area contributed by atoms with Gasteiger partial charge in [0.1, 0.15) is 0 Å². The molecule has 1 aliphatic heterocycles. The molecule has 2 N–H and O–H groups in total. The molecule has 1 aliphatic rings. The molecular formula is C20H27N5O4. The summed E-state index contributed by atoms with van der Waals surface area (Å²) in [5, 5.41) is 5.63. The Bertz CT molecular complexity index is 848. The van der Waals surface area contributed by atoms with Crippen molar-refractivity contribution in [3.8, 4) is 17.2 Å². The number of nitrogens with zero attached hydrogens (tertiary/aromatic N) is 3. The summed E-state index contributed by atoms with van der Waals surface area (Å²) in [6, 6.07) is 2.91. The average molecular weight is 401 g/mol. The summed E-state index contributed by atoms with van der Waals surface area (Å²) >= 11 is 0. The number of rotatable bonds is 6. The Morgan fingerprint density at radius 3 is 1.97 bits per heavy atom. The summed E-state index contributed by atoms with van der Waals surface area (Å²) in [6.07, 6.45) is 2.30. The highest BCUT2D eigenvalue weighted by atomic mass is 16.5. The van der Waals surface area contributed by atoms with Crippen LogP contribution in [-0.2, 0) is 0 Å². The first kappa shape index (κ1) is 20.5. The number of ether oxygens (including phenoxy) is 3. The molecule has 1 aromatic heterocycles. The van der Waals surface area contributed by atoms with Gasteiger partial charge < -0.3 is 29.7 Å². The first-order valence-corrected chi connectivity index (χ1v) is 9.45. The van der Waals surface area contributed by atoms with Crippen LogP contribution in [0.25, 0.3) is 0 Å². The molecule has 0 atom stereocenters. The molecular weight excluding hydrogens is 374 g/mol. The molecule has 0 bridgehead atoms. The molecule has 9 nitrogen and oxygen atoms in total. The second kappa shape index (κ2) is 8.85. The second-order valence-corrected chi connectivity index (χ2v) is 6.76. The molecule has 1 fully saturated rings. The number of anilines is 3. The van der Waals surface area contributed by atoms with Crippen molar-refractivity contribution in [2.45, 2.75) is 26.7 Å². The summed E-state index contributed by atoms with van der Waals surface area (Å²) in [5.74, 6) is 2.08. The smallest absolute Gasteiger partial charge is 0.323 e. The number of methoxy groups -OCH3 is 3. The third-order valence-corrected chi connectivity index (χ3v) is 4.81. The number of hydrogen-bond donors (Lipinski definition) is 2. The van der Waals surface area contributed by atoms with Gasteiger partial charge in [0.15, 0.2) is 11.5 Å². The minimum Gasteiger partial charge on any atom is -0.493 e. The highest BCUT2D eigenvalue weighted by Gasteiger charge is 2.19. The lowest BCUT2D eigenvalue weighted by Crippen LogP contribution is -2.24. The zero-order valence-corrected chi connectivity index (χ0v) is 17.5. The van der Waals surface area contributed by atoms with Crippen LogP contribution >= 0.6 is 0 Å². The van der Waals surface area contributed by atoms with Crippen molar-refractivity contribution in [3.05, 3.63) is 23.5 Å². The zero-order valence-electron chi connectivity index (χ0n) is 17.5. The number of carbonyl (C=O) groups is 1. The fraction of sp³-hybridized carbons (Fsp3) is 0.450. The Morgan fingerprint density at radius 1 is 0.931 bits per heavy atom. The maximum Gasteiger partial charge on any atom is 0.323 e. The van der Waals surface area contributed by atoms with Crippen molar-refractivity contribution in [2.24, 2.45) is 0 Å². The molecule has 1 aromatic carbocycles. The van der Waals surface area contributed by atoms with Gasteiger partial charge in [0.05, 0.1) is 44.1 Å². The summed E-state index contributed by atoms with van der Waals surface area (Å²) in [4.78, 5) is 23.9. The second-order valence-electron chi connectivity index (χ2n) is 6.76. The van der Waals surface area contributed by atoms with E-state index in [4.69, 9.17) is 14.2 Å². The van der Waals surface area contributed by atoms with Crippen molar-refractivity contribution in [1.82, 2.24) is 9.97 Å². The van der Waals surface area contributed by atoms with E-state index in [0.717, 1.165) is 37.3 Å². The van der Waals surface area contributed by atoms with Gasteiger partial charge in [0, 0.05) is 25.2 Å². The number of benzene rings is 1. The van der Waals surface area contributed by atoms with Crippen molar-refractivity contribution in [1.29, 1.82) is 0 Å². The Labute approximate surface area is 170 Å². The van der Waals surface area contributed by atoms with Crippen LogP contribution in [0.3, 0.4) is 0 Å². The minimum atomic E-state index is -0.414. The van der Waals surface area contributed by atoms with Gasteiger partial charge in [0.25, 0.3) is 0 Å².